The van der Waals surface area contributed by atoms with Gasteiger partial charge in [0.25, 0.3) is 0 Å². The second-order valence-electron chi connectivity index (χ2n) is 6.51. The zero-order valence-electron chi connectivity index (χ0n) is 15.8. The average molecular weight is 390 g/mol. The number of ether oxygens (including phenoxy) is 1. The van der Waals surface area contributed by atoms with Gasteiger partial charge in [-0.2, -0.15) is 0 Å². The molecule has 1 heterocycles. The molecular weight excluding hydrogens is 370 g/mol. The predicted octanol–water partition coefficient (Wildman–Crippen LogP) is 6.69. The van der Waals surface area contributed by atoms with Gasteiger partial charge in [0.05, 0.1) is 22.7 Å². The molecular formula is C24H20ClNO2. The maximum Gasteiger partial charge on any atom is 0.138 e. The maximum atomic E-state index is 6.39. The summed E-state index contributed by atoms with van der Waals surface area (Å²) in [6.07, 6.45) is 0. The van der Waals surface area contributed by atoms with Crippen LogP contribution in [0.5, 0.6) is 5.75 Å². The van der Waals surface area contributed by atoms with Gasteiger partial charge in [-0.15, -0.1) is 0 Å². The number of halogens is 1. The summed E-state index contributed by atoms with van der Waals surface area (Å²) in [6, 6.07) is 23.4. The molecule has 0 bridgehead atoms. The van der Waals surface area contributed by atoms with E-state index in [4.69, 9.17) is 25.7 Å². The third-order valence-electron chi connectivity index (χ3n) is 4.44. The fraction of sp³-hybridized carbons (Fsp3) is 0.125. The maximum absolute atomic E-state index is 6.39. The van der Waals surface area contributed by atoms with Crippen molar-refractivity contribution in [1.29, 1.82) is 0 Å². The highest BCUT2D eigenvalue weighted by Gasteiger charge is 2.09. The fourth-order valence-electron chi connectivity index (χ4n) is 3.09. The lowest BCUT2D eigenvalue weighted by atomic mass is 10.1. The van der Waals surface area contributed by atoms with Gasteiger partial charge in [0.1, 0.15) is 17.1 Å². The Morgan fingerprint density at radius 2 is 1.75 bits per heavy atom. The van der Waals surface area contributed by atoms with Gasteiger partial charge in [0.15, 0.2) is 0 Å². The molecule has 0 unspecified atom stereocenters. The van der Waals surface area contributed by atoms with Crippen molar-refractivity contribution in [3.05, 3.63) is 88.7 Å². The molecule has 0 radical (unpaired) electrons. The van der Waals surface area contributed by atoms with Crippen LogP contribution in [0.3, 0.4) is 0 Å². The van der Waals surface area contributed by atoms with Crippen molar-refractivity contribution >= 4 is 28.3 Å². The minimum absolute atomic E-state index is 0.641. The van der Waals surface area contributed by atoms with Crippen LogP contribution in [0.2, 0.25) is 5.02 Å². The summed E-state index contributed by atoms with van der Waals surface area (Å²) in [5.41, 5.74) is 3.61. The van der Waals surface area contributed by atoms with Gasteiger partial charge in [0.2, 0.25) is 0 Å². The van der Waals surface area contributed by atoms with E-state index in [1.165, 1.54) is 0 Å². The first-order valence-corrected chi connectivity index (χ1v) is 9.59. The van der Waals surface area contributed by atoms with Gasteiger partial charge in [0, 0.05) is 17.0 Å². The van der Waals surface area contributed by atoms with Crippen LogP contribution in [-0.4, -0.2) is 6.61 Å². The highest BCUT2D eigenvalue weighted by Crippen LogP contribution is 2.29. The molecule has 0 aliphatic carbocycles. The van der Waals surface area contributed by atoms with Crippen LogP contribution in [0, 0.1) is 6.92 Å². The van der Waals surface area contributed by atoms with Crippen LogP contribution in [0.15, 0.2) is 82.2 Å². The molecule has 0 atom stereocenters. The van der Waals surface area contributed by atoms with Crippen LogP contribution in [-0.2, 0) is 0 Å². The summed E-state index contributed by atoms with van der Waals surface area (Å²) in [5, 5.41) is 2.44. The SMILES string of the molecule is CCOc1ccc(N=c2cc(-c3ccccc3Cl)oc3ccc(C)cc23)cc1. The van der Waals surface area contributed by atoms with Gasteiger partial charge in [-0.25, -0.2) is 4.99 Å². The van der Waals surface area contributed by atoms with Crippen molar-refractivity contribution in [3.8, 4) is 17.1 Å². The van der Waals surface area contributed by atoms with Crippen LogP contribution in [0.4, 0.5) is 5.69 Å². The van der Waals surface area contributed by atoms with E-state index in [9.17, 15) is 0 Å². The normalized spacial score (nSPS) is 11.8. The third-order valence-corrected chi connectivity index (χ3v) is 4.76. The third kappa shape index (κ3) is 3.80. The second kappa shape index (κ2) is 7.91. The molecule has 0 fully saturated rings. The predicted molar refractivity (Wildman–Crippen MR) is 114 cm³/mol. The van der Waals surface area contributed by atoms with E-state index in [0.717, 1.165) is 38.9 Å². The van der Waals surface area contributed by atoms with Crippen LogP contribution >= 0.6 is 11.6 Å². The Balaban J connectivity index is 1.92. The largest absolute Gasteiger partial charge is 0.494 e. The summed E-state index contributed by atoms with van der Waals surface area (Å²) in [7, 11) is 0. The molecule has 0 aliphatic heterocycles. The average Bonchev–Trinajstić information content (AvgIpc) is 2.70. The molecule has 0 amide bonds. The van der Waals surface area contributed by atoms with E-state index in [2.05, 4.69) is 13.0 Å². The standard InChI is InChI=1S/C24H20ClNO2/c1-3-27-18-11-9-17(10-12-18)26-22-15-24(19-6-4-5-7-21(19)25)28-23-13-8-16(2)14-20(22)23/h4-15H,3H2,1-2H3. The summed E-state index contributed by atoms with van der Waals surface area (Å²) >= 11 is 6.39. The van der Waals surface area contributed by atoms with E-state index in [-0.39, 0.29) is 0 Å². The molecule has 0 saturated heterocycles. The molecule has 0 saturated carbocycles. The lowest BCUT2D eigenvalue weighted by Gasteiger charge is -2.07. The minimum Gasteiger partial charge on any atom is -0.494 e. The van der Waals surface area contributed by atoms with E-state index in [1.54, 1.807) is 0 Å². The van der Waals surface area contributed by atoms with E-state index in [1.807, 2.05) is 73.7 Å². The van der Waals surface area contributed by atoms with Crippen LogP contribution < -0.4 is 10.1 Å². The van der Waals surface area contributed by atoms with E-state index in [0.29, 0.717) is 17.4 Å². The number of aryl methyl sites for hydroxylation is 1. The molecule has 4 aromatic rings. The number of rotatable bonds is 4. The van der Waals surface area contributed by atoms with Crippen molar-refractivity contribution < 1.29 is 9.15 Å². The minimum atomic E-state index is 0.641. The molecule has 1 aromatic heterocycles. The first-order chi connectivity index (χ1) is 13.6. The van der Waals surface area contributed by atoms with Gasteiger partial charge in [-0.3, -0.25) is 0 Å². The van der Waals surface area contributed by atoms with Gasteiger partial charge >= 0.3 is 0 Å². The Morgan fingerprint density at radius 3 is 2.50 bits per heavy atom. The topological polar surface area (TPSA) is 34.7 Å². The molecule has 140 valence electrons. The summed E-state index contributed by atoms with van der Waals surface area (Å²) in [4.78, 5) is 4.87. The number of fused-ring (bicyclic) bond motifs is 1. The van der Waals surface area contributed by atoms with Crippen LogP contribution in [0.25, 0.3) is 22.3 Å². The Kier molecular flexibility index (Phi) is 5.18. The highest BCUT2D eigenvalue weighted by molar-refractivity contribution is 6.33. The molecule has 4 heteroatoms. The monoisotopic (exact) mass is 389 g/mol. The van der Waals surface area contributed by atoms with Crippen LogP contribution in [0.1, 0.15) is 12.5 Å². The zero-order chi connectivity index (χ0) is 19.5. The molecule has 28 heavy (non-hydrogen) atoms. The van der Waals surface area contributed by atoms with Crippen molar-refractivity contribution in [2.45, 2.75) is 13.8 Å². The summed E-state index contributed by atoms with van der Waals surface area (Å²) < 4.78 is 11.7. The smallest absolute Gasteiger partial charge is 0.138 e. The molecule has 4 rings (SSSR count). The summed E-state index contributed by atoms with van der Waals surface area (Å²) in [5.74, 6) is 1.52. The second-order valence-corrected chi connectivity index (χ2v) is 6.92. The Bertz CT molecular complexity index is 1190. The quantitative estimate of drug-likeness (QED) is 0.389. The van der Waals surface area contributed by atoms with Crippen molar-refractivity contribution in [3.63, 3.8) is 0 Å². The Hall–Kier alpha value is -3.04. The van der Waals surface area contributed by atoms with E-state index >= 15 is 0 Å². The Morgan fingerprint density at radius 1 is 0.964 bits per heavy atom. The first-order valence-electron chi connectivity index (χ1n) is 9.21. The Labute approximate surface area is 168 Å². The van der Waals surface area contributed by atoms with Crippen molar-refractivity contribution in [1.82, 2.24) is 0 Å². The number of hydrogen-bond donors (Lipinski definition) is 0. The lowest BCUT2D eigenvalue weighted by Crippen LogP contribution is -2.03. The lowest BCUT2D eigenvalue weighted by molar-refractivity contribution is 0.340. The molecule has 0 aliphatic rings. The van der Waals surface area contributed by atoms with E-state index < -0.39 is 0 Å². The number of hydrogen-bond acceptors (Lipinski definition) is 3. The highest BCUT2D eigenvalue weighted by atomic mass is 35.5. The molecule has 0 spiro atoms. The number of benzene rings is 3. The molecule has 3 nitrogen and oxygen atoms in total. The number of nitrogens with zero attached hydrogens (tertiary/aromatic N) is 1. The summed E-state index contributed by atoms with van der Waals surface area (Å²) in [6.45, 7) is 4.67. The van der Waals surface area contributed by atoms with Gasteiger partial charge in [-0.1, -0.05) is 35.4 Å². The van der Waals surface area contributed by atoms with Gasteiger partial charge < -0.3 is 9.15 Å². The van der Waals surface area contributed by atoms with Gasteiger partial charge in [-0.05, 0) is 62.4 Å². The molecule has 3 aromatic carbocycles. The molecule has 0 N–H and O–H groups in total. The zero-order valence-corrected chi connectivity index (χ0v) is 16.5. The first kappa shape index (κ1) is 18.3. The fourth-order valence-corrected chi connectivity index (χ4v) is 3.32. The van der Waals surface area contributed by atoms with Crippen molar-refractivity contribution in [2.75, 3.05) is 6.61 Å². The van der Waals surface area contributed by atoms with Crippen molar-refractivity contribution in [2.24, 2.45) is 4.99 Å².